The lowest BCUT2D eigenvalue weighted by atomic mass is 10.2. The molecule has 10 heteroatoms. The van der Waals surface area contributed by atoms with Crippen molar-refractivity contribution in [2.75, 3.05) is 12.8 Å². The van der Waals surface area contributed by atoms with Crippen molar-refractivity contribution in [3.8, 4) is 5.75 Å². The van der Waals surface area contributed by atoms with E-state index in [-0.39, 0.29) is 33.2 Å². The number of nitrogens with two attached hydrogens (primary N) is 1. The fourth-order valence-corrected chi connectivity index (χ4v) is 5.44. The first-order valence-electron chi connectivity index (χ1n) is 10.6. The second kappa shape index (κ2) is 8.68. The van der Waals surface area contributed by atoms with Crippen LogP contribution in [0.15, 0.2) is 93.6 Å². The lowest BCUT2D eigenvalue weighted by Gasteiger charge is -2.13. The molecule has 176 valence electrons. The number of benzene rings is 2. The van der Waals surface area contributed by atoms with Gasteiger partial charge in [0, 0.05) is 11.2 Å². The first-order valence-corrected chi connectivity index (χ1v) is 12.4. The summed E-state index contributed by atoms with van der Waals surface area (Å²) in [5.74, 6) is 0.647. The number of pyridine rings is 2. The number of hydrogen-bond acceptors (Lipinski definition) is 6. The summed E-state index contributed by atoms with van der Waals surface area (Å²) in [6, 6.07) is 19.5. The number of methoxy groups -OCH3 is 1. The molecule has 3 heterocycles. The fraction of sp³-hybridized carbons (Fsp3) is 0.0800. The minimum Gasteiger partial charge on any atom is -0.497 e. The molecule has 0 saturated carbocycles. The van der Waals surface area contributed by atoms with Crippen LogP contribution in [0.4, 0.5) is 5.82 Å². The monoisotopic (exact) mass is 507 g/mol. The Morgan fingerprint density at radius 2 is 1.77 bits per heavy atom. The Kier molecular flexibility index (Phi) is 5.66. The van der Waals surface area contributed by atoms with Crippen molar-refractivity contribution >= 4 is 43.9 Å². The van der Waals surface area contributed by atoms with Gasteiger partial charge in [0.2, 0.25) is 21.3 Å². The van der Waals surface area contributed by atoms with Crippen molar-refractivity contribution in [2.24, 2.45) is 0 Å². The van der Waals surface area contributed by atoms with Gasteiger partial charge in [0.15, 0.2) is 0 Å². The summed E-state index contributed by atoms with van der Waals surface area (Å²) in [7, 11) is -2.50. The van der Waals surface area contributed by atoms with E-state index in [0.29, 0.717) is 16.4 Å². The number of rotatable bonds is 5. The van der Waals surface area contributed by atoms with Crippen LogP contribution in [0.3, 0.4) is 0 Å². The Hall–Kier alpha value is -3.95. The van der Waals surface area contributed by atoms with E-state index < -0.39 is 15.4 Å². The summed E-state index contributed by atoms with van der Waals surface area (Å²) in [5.41, 5.74) is 7.60. The highest BCUT2D eigenvalue weighted by molar-refractivity contribution is 7.91. The van der Waals surface area contributed by atoms with Crippen molar-refractivity contribution in [3.63, 3.8) is 0 Å². The normalized spacial score (nSPS) is 11.7. The molecule has 0 fully saturated rings. The Balaban J connectivity index is 1.82. The minimum absolute atomic E-state index is 0.0118. The van der Waals surface area contributed by atoms with Gasteiger partial charge in [-0.3, -0.25) is 9.20 Å². The fourth-order valence-electron chi connectivity index (χ4n) is 3.90. The van der Waals surface area contributed by atoms with Gasteiger partial charge in [-0.2, -0.15) is 0 Å². The Morgan fingerprint density at radius 1 is 1.06 bits per heavy atom. The zero-order chi connectivity index (χ0) is 24.7. The lowest BCUT2D eigenvalue weighted by molar-refractivity contribution is -0.651. The van der Waals surface area contributed by atoms with Crippen LogP contribution >= 0.6 is 11.6 Å². The molecule has 0 radical (unpaired) electrons. The molecule has 0 spiro atoms. The van der Waals surface area contributed by atoms with Gasteiger partial charge in [0.1, 0.15) is 16.0 Å². The molecule has 0 aliphatic rings. The number of anilines is 1. The highest BCUT2D eigenvalue weighted by Crippen LogP contribution is 2.27. The highest BCUT2D eigenvalue weighted by atomic mass is 35.5. The van der Waals surface area contributed by atoms with Crippen LogP contribution in [0.2, 0.25) is 5.02 Å². The molecule has 0 atom stereocenters. The third-order valence-corrected chi connectivity index (χ3v) is 7.79. The number of nitrogen functional groups attached to an aromatic ring is 1. The summed E-state index contributed by atoms with van der Waals surface area (Å²) in [6.07, 6.45) is 1.58. The third kappa shape index (κ3) is 3.98. The first kappa shape index (κ1) is 22.8. The van der Waals surface area contributed by atoms with E-state index in [0.717, 1.165) is 5.56 Å². The Labute approximate surface area is 205 Å². The molecule has 0 aliphatic heterocycles. The SMILES string of the molecule is COc1ccc(C[n+]2c(N)c(S(=O)(=O)c3ccc(Cl)cc3)cc3c(=O)n4ccccc4nc32)cc1. The van der Waals surface area contributed by atoms with E-state index >= 15 is 0 Å². The molecule has 5 aromatic rings. The van der Waals surface area contributed by atoms with Gasteiger partial charge in [0.25, 0.3) is 11.2 Å². The predicted octanol–water partition coefficient (Wildman–Crippen LogP) is 3.26. The summed E-state index contributed by atoms with van der Waals surface area (Å²) in [4.78, 5) is 17.9. The molecule has 0 aliphatic carbocycles. The zero-order valence-corrected chi connectivity index (χ0v) is 20.1. The van der Waals surface area contributed by atoms with Crippen molar-refractivity contribution < 1.29 is 17.7 Å². The van der Waals surface area contributed by atoms with Gasteiger partial charge in [-0.1, -0.05) is 34.8 Å². The van der Waals surface area contributed by atoms with Crippen molar-refractivity contribution in [1.82, 2.24) is 9.38 Å². The Bertz CT molecular complexity index is 1750. The number of hydrogen-bond donors (Lipinski definition) is 1. The molecule has 5 rings (SSSR count). The van der Waals surface area contributed by atoms with E-state index in [1.54, 1.807) is 48.2 Å². The van der Waals surface area contributed by atoms with Crippen molar-refractivity contribution in [2.45, 2.75) is 16.3 Å². The number of ether oxygens (including phenoxy) is 1. The van der Waals surface area contributed by atoms with E-state index in [1.807, 2.05) is 12.1 Å². The second-order valence-electron chi connectivity index (χ2n) is 7.87. The molecule has 2 N–H and O–H groups in total. The minimum atomic E-state index is -4.07. The van der Waals surface area contributed by atoms with Gasteiger partial charge in [-0.05, 0) is 60.2 Å². The molecule has 3 aromatic heterocycles. The number of aromatic nitrogens is 3. The number of fused-ring (bicyclic) bond motifs is 2. The van der Waals surface area contributed by atoms with Crippen LogP contribution in [0.1, 0.15) is 5.56 Å². The predicted molar refractivity (Wildman–Crippen MR) is 133 cm³/mol. The molecule has 0 amide bonds. The average Bonchev–Trinajstić information content (AvgIpc) is 2.86. The first-order chi connectivity index (χ1) is 16.8. The summed E-state index contributed by atoms with van der Waals surface area (Å²) in [5, 5.41) is 0.530. The zero-order valence-electron chi connectivity index (χ0n) is 18.6. The largest absolute Gasteiger partial charge is 0.497 e. The molecule has 0 bridgehead atoms. The molecular weight excluding hydrogens is 488 g/mol. The maximum absolute atomic E-state index is 13.6. The van der Waals surface area contributed by atoms with Crippen molar-refractivity contribution in [1.29, 1.82) is 0 Å². The van der Waals surface area contributed by atoms with Gasteiger partial charge in [-0.15, -0.1) is 0 Å². The third-order valence-electron chi connectivity index (χ3n) is 5.74. The van der Waals surface area contributed by atoms with Crippen LogP contribution < -0.4 is 20.6 Å². The maximum Gasteiger partial charge on any atom is 0.278 e. The summed E-state index contributed by atoms with van der Waals surface area (Å²) in [6.45, 7) is 0.186. The van der Waals surface area contributed by atoms with E-state index in [2.05, 4.69) is 4.98 Å². The molecule has 8 nitrogen and oxygen atoms in total. The van der Waals surface area contributed by atoms with Gasteiger partial charge < -0.3 is 10.5 Å². The molecule has 2 aromatic carbocycles. The van der Waals surface area contributed by atoms with Crippen LogP contribution in [-0.2, 0) is 16.4 Å². The standard InChI is InChI=1S/C25H19ClN4O4S/c1-34-18-9-5-16(6-10-18)15-30-23(27)21(35(32,33)19-11-7-17(26)8-12-19)14-20-24(30)28-22-4-2-3-13-29(22)25(20)31/h2-14,27H,15H2,1H3/p+1. The Morgan fingerprint density at radius 3 is 2.46 bits per heavy atom. The van der Waals surface area contributed by atoms with Crippen LogP contribution in [0, 0.1) is 0 Å². The summed E-state index contributed by atoms with van der Waals surface area (Å²) < 4.78 is 35.3. The smallest absolute Gasteiger partial charge is 0.278 e. The quantitative estimate of drug-likeness (QED) is 0.289. The van der Waals surface area contributed by atoms with E-state index in [9.17, 15) is 13.2 Å². The topological polar surface area (TPSA) is 108 Å². The number of halogens is 1. The van der Waals surface area contributed by atoms with Gasteiger partial charge in [-0.25, -0.2) is 13.0 Å². The lowest BCUT2D eigenvalue weighted by Crippen LogP contribution is -2.42. The van der Waals surface area contributed by atoms with E-state index in [4.69, 9.17) is 22.1 Å². The maximum atomic E-state index is 13.6. The molecule has 35 heavy (non-hydrogen) atoms. The van der Waals surface area contributed by atoms with E-state index in [1.165, 1.54) is 34.7 Å². The highest BCUT2D eigenvalue weighted by Gasteiger charge is 2.29. The van der Waals surface area contributed by atoms with Gasteiger partial charge >= 0.3 is 0 Å². The molecule has 0 saturated heterocycles. The molecule has 0 unspecified atom stereocenters. The van der Waals surface area contributed by atoms with Gasteiger partial charge in [0.05, 0.1) is 18.6 Å². The summed E-state index contributed by atoms with van der Waals surface area (Å²) >= 11 is 5.95. The average molecular weight is 508 g/mol. The second-order valence-corrected chi connectivity index (χ2v) is 10.2. The van der Waals surface area contributed by atoms with Crippen LogP contribution in [0.25, 0.3) is 16.7 Å². The van der Waals surface area contributed by atoms with Crippen molar-refractivity contribution in [3.05, 3.63) is 99.9 Å². The molecular formula is C25H20ClN4O4S+. The van der Waals surface area contributed by atoms with Crippen LogP contribution in [-0.4, -0.2) is 24.9 Å². The van der Waals surface area contributed by atoms with Crippen LogP contribution in [0.5, 0.6) is 5.75 Å². The number of sulfone groups is 1. The number of nitrogens with zero attached hydrogens (tertiary/aromatic N) is 3.